The van der Waals surface area contributed by atoms with Crippen LogP contribution in [0.5, 0.6) is 17.4 Å². The lowest BCUT2D eigenvalue weighted by atomic mass is 10.3. The highest BCUT2D eigenvalue weighted by atomic mass is 35.5. The molecule has 2 aromatic rings. The van der Waals surface area contributed by atoms with Crippen molar-refractivity contribution in [1.29, 1.82) is 0 Å². The van der Waals surface area contributed by atoms with Crippen LogP contribution in [0.4, 0.5) is 5.69 Å². The molecule has 0 atom stereocenters. The van der Waals surface area contributed by atoms with Gasteiger partial charge in [-0.15, -0.1) is 0 Å². The Bertz CT molecular complexity index is 712. The molecule has 0 aliphatic rings. The Morgan fingerprint density at radius 1 is 1.04 bits per heavy atom. The molecule has 0 aliphatic heterocycles. The fourth-order valence-electron chi connectivity index (χ4n) is 1.55. The van der Waals surface area contributed by atoms with Gasteiger partial charge in [-0.25, -0.2) is 4.98 Å². The molecule has 1 aromatic heterocycles. The van der Waals surface area contributed by atoms with Crippen LogP contribution in [0.1, 0.15) is 0 Å². The highest BCUT2D eigenvalue weighted by Gasteiger charge is 2.11. The number of carbonyl (C=O) groups excluding carboxylic acids is 1. The summed E-state index contributed by atoms with van der Waals surface area (Å²) in [6.45, 7) is 0. The second kappa shape index (κ2) is 8.06. The van der Waals surface area contributed by atoms with Gasteiger partial charge >= 0.3 is 0 Å². The van der Waals surface area contributed by atoms with Gasteiger partial charge in [0.05, 0.1) is 19.0 Å². The predicted octanol–water partition coefficient (Wildman–Crippen LogP) is 4.71. The number of pyridine rings is 1. The van der Waals surface area contributed by atoms with Crippen LogP contribution in [0.3, 0.4) is 0 Å². The zero-order chi connectivity index (χ0) is 16.8. The normalized spacial score (nSPS) is 9.91. The van der Waals surface area contributed by atoms with Crippen molar-refractivity contribution in [2.24, 2.45) is 0 Å². The van der Waals surface area contributed by atoms with Gasteiger partial charge in [-0.05, 0) is 30.3 Å². The van der Waals surface area contributed by atoms with Crippen LogP contribution in [-0.2, 0) is 4.79 Å². The van der Waals surface area contributed by atoms with Crippen molar-refractivity contribution in [3.63, 3.8) is 0 Å². The summed E-state index contributed by atoms with van der Waals surface area (Å²) in [5.41, 5.74) is 0.421. The molecule has 0 fully saturated rings. The molecule has 8 heteroatoms. The number of halogens is 3. The number of nitrogens with zero attached hydrogens (tertiary/aromatic N) is 1. The lowest BCUT2D eigenvalue weighted by Crippen LogP contribution is -2.11. The minimum atomic E-state index is -0.628. The summed E-state index contributed by atoms with van der Waals surface area (Å²) >= 11 is 16.5. The van der Waals surface area contributed by atoms with Crippen LogP contribution in [0.25, 0.3) is 0 Å². The molecular formula is C15H11Cl3N2O3. The van der Waals surface area contributed by atoms with E-state index in [1.54, 1.807) is 43.5 Å². The van der Waals surface area contributed by atoms with E-state index < -0.39 is 5.91 Å². The average molecular weight is 374 g/mol. The Kier molecular flexibility index (Phi) is 6.10. The second-order valence-electron chi connectivity index (χ2n) is 4.19. The van der Waals surface area contributed by atoms with Crippen molar-refractivity contribution in [3.05, 3.63) is 52.1 Å². The van der Waals surface area contributed by atoms with E-state index in [1.807, 2.05) is 0 Å². The van der Waals surface area contributed by atoms with E-state index in [1.165, 1.54) is 6.20 Å². The van der Waals surface area contributed by atoms with Crippen molar-refractivity contribution >= 4 is 46.4 Å². The van der Waals surface area contributed by atoms with Gasteiger partial charge in [-0.1, -0.05) is 34.8 Å². The molecule has 2 rings (SSSR count). The summed E-state index contributed by atoms with van der Waals surface area (Å²) in [5, 5.41) is 2.20. The van der Waals surface area contributed by atoms with Gasteiger partial charge < -0.3 is 14.8 Å². The van der Waals surface area contributed by atoms with E-state index >= 15 is 0 Å². The highest BCUT2D eigenvalue weighted by Crippen LogP contribution is 2.24. The number of ether oxygens (including phenoxy) is 2. The maximum absolute atomic E-state index is 11.6. The van der Waals surface area contributed by atoms with E-state index in [0.29, 0.717) is 17.3 Å². The van der Waals surface area contributed by atoms with Crippen LogP contribution in [0.15, 0.2) is 52.1 Å². The molecule has 1 N–H and O–H groups in total. The molecule has 0 spiro atoms. The van der Waals surface area contributed by atoms with Crippen molar-refractivity contribution in [2.75, 3.05) is 12.4 Å². The van der Waals surface area contributed by atoms with E-state index in [0.717, 1.165) is 5.75 Å². The molecule has 0 unspecified atom stereocenters. The fraction of sp³-hybridized carbons (Fsp3) is 0.0667. The van der Waals surface area contributed by atoms with E-state index in [4.69, 9.17) is 44.3 Å². The summed E-state index contributed by atoms with van der Waals surface area (Å²) in [4.78, 5) is 15.7. The standard InChI is InChI=1S/C15H11Cl3N2O3/c1-22-10-3-5-11(6-4-10)23-12-7-2-9(8-19-12)20-15(21)13(16)14(17)18/h2-8H,1H3,(H,20,21). The molecule has 0 saturated carbocycles. The van der Waals surface area contributed by atoms with Gasteiger partial charge in [-0.3, -0.25) is 4.79 Å². The largest absolute Gasteiger partial charge is 0.497 e. The number of aromatic nitrogens is 1. The number of hydrogen-bond donors (Lipinski definition) is 1. The minimum Gasteiger partial charge on any atom is -0.497 e. The molecule has 23 heavy (non-hydrogen) atoms. The Labute approximate surface area is 147 Å². The van der Waals surface area contributed by atoms with Crippen molar-refractivity contribution in [1.82, 2.24) is 4.98 Å². The first-order valence-electron chi connectivity index (χ1n) is 6.29. The first kappa shape index (κ1) is 17.4. The summed E-state index contributed by atoms with van der Waals surface area (Å²) in [6.07, 6.45) is 1.42. The Balaban J connectivity index is 2.01. The number of methoxy groups -OCH3 is 1. The maximum atomic E-state index is 11.6. The van der Waals surface area contributed by atoms with Gasteiger partial charge in [0.15, 0.2) is 0 Å². The lowest BCUT2D eigenvalue weighted by molar-refractivity contribution is -0.112. The van der Waals surface area contributed by atoms with Crippen LogP contribution in [-0.4, -0.2) is 18.0 Å². The third-order valence-electron chi connectivity index (χ3n) is 2.64. The zero-order valence-electron chi connectivity index (χ0n) is 11.8. The number of rotatable bonds is 5. The van der Waals surface area contributed by atoms with Gasteiger partial charge in [-0.2, -0.15) is 0 Å². The Morgan fingerprint density at radius 2 is 1.70 bits per heavy atom. The number of hydrogen-bond acceptors (Lipinski definition) is 4. The molecule has 0 radical (unpaired) electrons. The first-order chi connectivity index (χ1) is 11.0. The number of nitrogens with one attached hydrogen (secondary N) is 1. The summed E-state index contributed by atoms with van der Waals surface area (Å²) in [7, 11) is 1.59. The quantitative estimate of drug-likeness (QED) is 0.771. The summed E-state index contributed by atoms with van der Waals surface area (Å²) in [5.74, 6) is 1.07. The van der Waals surface area contributed by atoms with E-state index in [9.17, 15) is 4.79 Å². The van der Waals surface area contributed by atoms with Crippen molar-refractivity contribution < 1.29 is 14.3 Å². The molecule has 0 aliphatic carbocycles. The Morgan fingerprint density at radius 3 is 2.22 bits per heavy atom. The van der Waals surface area contributed by atoms with Crippen LogP contribution in [0.2, 0.25) is 0 Å². The minimum absolute atomic E-state index is 0.299. The smallest absolute Gasteiger partial charge is 0.269 e. The number of carbonyl (C=O) groups is 1. The van der Waals surface area contributed by atoms with Crippen molar-refractivity contribution in [2.45, 2.75) is 0 Å². The topological polar surface area (TPSA) is 60.5 Å². The molecule has 5 nitrogen and oxygen atoms in total. The van der Waals surface area contributed by atoms with E-state index in [-0.39, 0.29) is 9.52 Å². The molecule has 0 bridgehead atoms. The van der Waals surface area contributed by atoms with Gasteiger partial charge in [0.2, 0.25) is 5.88 Å². The third-order valence-corrected chi connectivity index (χ3v) is 3.57. The maximum Gasteiger partial charge on any atom is 0.269 e. The van der Waals surface area contributed by atoms with Gasteiger partial charge in [0.25, 0.3) is 5.91 Å². The summed E-state index contributed by atoms with van der Waals surface area (Å²) < 4.78 is 10.3. The predicted molar refractivity (Wildman–Crippen MR) is 90.5 cm³/mol. The summed E-state index contributed by atoms with van der Waals surface area (Å²) in [6, 6.07) is 10.3. The fourth-order valence-corrected chi connectivity index (χ4v) is 1.77. The highest BCUT2D eigenvalue weighted by molar-refractivity contribution is 6.63. The average Bonchev–Trinajstić information content (AvgIpc) is 2.56. The zero-order valence-corrected chi connectivity index (χ0v) is 14.1. The molecule has 0 saturated heterocycles. The third kappa shape index (κ3) is 5.03. The van der Waals surface area contributed by atoms with Crippen LogP contribution >= 0.6 is 34.8 Å². The monoisotopic (exact) mass is 372 g/mol. The number of benzene rings is 1. The van der Waals surface area contributed by atoms with Crippen LogP contribution < -0.4 is 14.8 Å². The lowest BCUT2D eigenvalue weighted by Gasteiger charge is -2.07. The van der Waals surface area contributed by atoms with E-state index in [2.05, 4.69) is 10.3 Å². The molecule has 1 heterocycles. The van der Waals surface area contributed by atoms with Gasteiger partial charge in [0, 0.05) is 6.07 Å². The second-order valence-corrected chi connectivity index (χ2v) is 5.52. The molecular weight excluding hydrogens is 363 g/mol. The Hall–Kier alpha value is -1.95. The molecule has 120 valence electrons. The SMILES string of the molecule is COc1ccc(Oc2ccc(NC(=O)C(Cl)=C(Cl)Cl)cn2)cc1. The first-order valence-corrected chi connectivity index (χ1v) is 7.43. The molecule has 1 aromatic carbocycles. The van der Waals surface area contributed by atoms with Crippen LogP contribution in [0, 0.1) is 0 Å². The van der Waals surface area contributed by atoms with Crippen molar-refractivity contribution in [3.8, 4) is 17.4 Å². The van der Waals surface area contributed by atoms with Gasteiger partial charge in [0.1, 0.15) is 21.0 Å². The molecule has 1 amide bonds. The number of amides is 1. The number of anilines is 1.